The van der Waals surface area contributed by atoms with Crippen LogP contribution in [0.1, 0.15) is 0 Å². The summed E-state index contributed by atoms with van der Waals surface area (Å²) in [5.41, 5.74) is 24.3. The van der Waals surface area contributed by atoms with E-state index in [0.717, 1.165) is 0 Å². The number of nitrogen functional groups attached to an aromatic ring is 4. The Bertz CT molecular complexity index is 938. The molecule has 0 aliphatic rings. The molecule has 4 rings (SSSR count). The third kappa shape index (κ3) is 1.97. The van der Waals surface area contributed by atoms with Crippen molar-refractivity contribution < 1.29 is 0 Å². The molecular weight excluding hydrogens is 316 g/mol. The maximum absolute atomic E-state index is 5.70. The van der Waals surface area contributed by atoms with E-state index < -0.39 is 0 Å². The molecule has 0 aromatic carbocycles. The molecule has 120 valence electrons. The number of nitrogens with zero attached hydrogens (tertiary/aromatic N) is 8. The number of aromatic nitrogens is 8. The Labute approximate surface area is 131 Å². The predicted molar refractivity (Wildman–Crippen MR) is 85.2 cm³/mol. The fraction of sp³-hybridized carbons (Fsp3) is 0. The molecule has 0 saturated carbocycles. The Morgan fingerprint density at radius 2 is 0.958 bits per heavy atom. The van der Waals surface area contributed by atoms with Crippen molar-refractivity contribution in [2.75, 3.05) is 22.9 Å². The number of H-pyrrole nitrogens is 2. The summed E-state index contributed by atoms with van der Waals surface area (Å²) in [4.78, 5) is 13.9. The van der Waals surface area contributed by atoms with Gasteiger partial charge in [0.05, 0.1) is 0 Å². The smallest absolute Gasteiger partial charge is 0.248 e. The van der Waals surface area contributed by atoms with Crippen molar-refractivity contribution in [3.8, 4) is 0 Å². The molecular formula is C10H10N14. The molecule has 0 bridgehead atoms. The number of hydrogen-bond donors (Lipinski definition) is 6. The quantitative estimate of drug-likeness (QED) is 0.264. The van der Waals surface area contributed by atoms with Gasteiger partial charge in [-0.05, 0) is 0 Å². The van der Waals surface area contributed by atoms with Crippen molar-refractivity contribution in [1.82, 2.24) is 40.3 Å². The number of anilines is 4. The summed E-state index contributed by atoms with van der Waals surface area (Å²) in [6.07, 6.45) is 0. The van der Waals surface area contributed by atoms with Crippen LogP contribution in [0.4, 0.5) is 35.2 Å². The van der Waals surface area contributed by atoms with Crippen LogP contribution < -0.4 is 22.9 Å². The Balaban J connectivity index is 1.75. The van der Waals surface area contributed by atoms with Crippen molar-refractivity contribution in [1.29, 1.82) is 0 Å². The van der Waals surface area contributed by atoms with Gasteiger partial charge in [-0.25, -0.2) is 9.97 Å². The van der Waals surface area contributed by atoms with Crippen molar-refractivity contribution in [2.45, 2.75) is 0 Å². The minimum Gasteiger partial charge on any atom is -0.380 e. The zero-order valence-corrected chi connectivity index (χ0v) is 11.9. The average Bonchev–Trinajstić information content (AvgIpc) is 3.18. The van der Waals surface area contributed by atoms with E-state index in [4.69, 9.17) is 22.9 Å². The molecule has 14 nitrogen and oxygen atoms in total. The van der Waals surface area contributed by atoms with Crippen molar-refractivity contribution in [3.05, 3.63) is 0 Å². The van der Waals surface area contributed by atoms with Crippen LogP contribution in [-0.2, 0) is 0 Å². The molecule has 24 heavy (non-hydrogen) atoms. The maximum atomic E-state index is 5.70. The Morgan fingerprint density at radius 1 is 0.583 bits per heavy atom. The van der Waals surface area contributed by atoms with Crippen LogP contribution in [0.25, 0.3) is 22.1 Å². The molecule has 0 amide bonds. The molecule has 4 aromatic rings. The van der Waals surface area contributed by atoms with Crippen molar-refractivity contribution in [3.63, 3.8) is 0 Å². The van der Waals surface area contributed by atoms with Gasteiger partial charge in [0.15, 0.2) is 23.3 Å². The molecule has 0 fully saturated rings. The number of azo groups is 1. The number of hydrogen-bond acceptors (Lipinski definition) is 12. The van der Waals surface area contributed by atoms with Crippen LogP contribution in [0, 0.1) is 0 Å². The number of imidazole rings is 2. The van der Waals surface area contributed by atoms with Crippen LogP contribution in [-0.4, -0.2) is 40.3 Å². The maximum Gasteiger partial charge on any atom is 0.248 e. The summed E-state index contributed by atoms with van der Waals surface area (Å²) in [7, 11) is 0. The van der Waals surface area contributed by atoms with Gasteiger partial charge in [0.25, 0.3) is 0 Å². The van der Waals surface area contributed by atoms with Gasteiger partial charge in [-0.15, -0.1) is 30.6 Å². The second-order valence-corrected chi connectivity index (χ2v) is 4.71. The highest BCUT2D eigenvalue weighted by Gasteiger charge is 2.12. The highest BCUT2D eigenvalue weighted by molar-refractivity contribution is 5.93. The molecule has 0 aliphatic heterocycles. The predicted octanol–water partition coefficient (Wildman–Crippen LogP) is -0.237. The molecule has 0 unspecified atom stereocenters. The topological polar surface area (TPSA) is 238 Å². The van der Waals surface area contributed by atoms with Crippen LogP contribution >= 0.6 is 0 Å². The summed E-state index contributed by atoms with van der Waals surface area (Å²) in [6.45, 7) is 0. The van der Waals surface area contributed by atoms with Crippen molar-refractivity contribution in [2.24, 2.45) is 10.2 Å². The summed E-state index contributed by atoms with van der Waals surface area (Å²) in [5, 5.41) is 22.6. The van der Waals surface area contributed by atoms with Crippen LogP contribution in [0.2, 0.25) is 0 Å². The second-order valence-electron chi connectivity index (χ2n) is 4.71. The largest absolute Gasteiger partial charge is 0.380 e. The van der Waals surface area contributed by atoms with Gasteiger partial charge in [0, 0.05) is 0 Å². The monoisotopic (exact) mass is 326 g/mol. The summed E-state index contributed by atoms with van der Waals surface area (Å²) >= 11 is 0. The van der Waals surface area contributed by atoms with Crippen LogP contribution in [0.15, 0.2) is 10.2 Å². The van der Waals surface area contributed by atoms with E-state index in [-0.39, 0.29) is 35.2 Å². The van der Waals surface area contributed by atoms with E-state index in [1.165, 1.54) is 0 Å². The van der Waals surface area contributed by atoms with Gasteiger partial charge in [-0.2, -0.15) is 0 Å². The minimum atomic E-state index is 0.123. The lowest BCUT2D eigenvalue weighted by Crippen LogP contribution is -1.99. The van der Waals surface area contributed by atoms with E-state index in [9.17, 15) is 0 Å². The first-order valence-electron chi connectivity index (χ1n) is 6.49. The molecule has 0 radical (unpaired) electrons. The Morgan fingerprint density at radius 3 is 1.33 bits per heavy atom. The van der Waals surface area contributed by atoms with Gasteiger partial charge >= 0.3 is 0 Å². The summed E-state index contributed by atoms with van der Waals surface area (Å²) < 4.78 is 0. The number of nitrogens with one attached hydrogen (secondary N) is 2. The van der Waals surface area contributed by atoms with Crippen LogP contribution in [0.5, 0.6) is 0 Å². The Kier molecular flexibility index (Phi) is 2.65. The van der Waals surface area contributed by atoms with E-state index in [1.54, 1.807) is 0 Å². The molecule has 10 N–H and O–H groups in total. The van der Waals surface area contributed by atoms with E-state index >= 15 is 0 Å². The zero-order chi connectivity index (χ0) is 16.8. The van der Waals surface area contributed by atoms with Gasteiger partial charge in [-0.1, -0.05) is 0 Å². The third-order valence-corrected chi connectivity index (χ3v) is 3.15. The lowest BCUT2D eigenvalue weighted by atomic mass is 10.4. The zero-order valence-electron chi connectivity index (χ0n) is 11.9. The molecule has 4 heterocycles. The fourth-order valence-electron chi connectivity index (χ4n) is 2.06. The van der Waals surface area contributed by atoms with E-state index in [0.29, 0.717) is 22.1 Å². The molecule has 0 saturated heterocycles. The van der Waals surface area contributed by atoms with Gasteiger partial charge < -0.3 is 32.9 Å². The fourth-order valence-corrected chi connectivity index (χ4v) is 2.06. The van der Waals surface area contributed by atoms with E-state index in [1.807, 2.05) is 0 Å². The lowest BCUT2D eigenvalue weighted by molar-refractivity contribution is 1.07. The van der Waals surface area contributed by atoms with Gasteiger partial charge in [0.1, 0.15) is 22.1 Å². The molecule has 0 spiro atoms. The normalized spacial score (nSPS) is 11.8. The average molecular weight is 326 g/mol. The first-order chi connectivity index (χ1) is 11.5. The first-order valence-corrected chi connectivity index (χ1v) is 6.49. The number of fused-ring (bicyclic) bond motifs is 2. The van der Waals surface area contributed by atoms with Gasteiger partial charge in [-0.3, -0.25) is 0 Å². The molecule has 14 heteroatoms. The second kappa shape index (κ2) is 4.70. The van der Waals surface area contributed by atoms with E-state index in [2.05, 4.69) is 50.6 Å². The Hall–Kier alpha value is -4.10. The van der Waals surface area contributed by atoms with Crippen LogP contribution in [0.3, 0.4) is 0 Å². The first kappa shape index (κ1) is 13.6. The SMILES string of the molecule is Nc1nnc(N)c2[nH]c(N=Nc3nc4c(N)nnc(N)c4[nH]3)nc12. The number of aromatic amines is 2. The lowest BCUT2D eigenvalue weighted by Gasteiger charge is -1.93. The molecule has 0 aliphatic carbocycles. The summed E-state index contributed by atoms with van der Waals surface area (Å²) in [6, 6.07) is 0. The molecule has 0 atom stereocenters. The standard InChI is InChI=1S/C10H10N14/c11-5-1-2(6(12)20-19-5)16-9(15-1)23-24-10-17-3-4(18-10)8(14)22-21-7(3)13/h(H2,11,19)(H2,12,20)(H2,13,21)(H2,14,22)(H,15,16)(H,17,18). The molecule has 4 aromatic heterocycles. The number of rotatable bonds is 2. The number of nitrogens with two attached hydrogens (primary N) is 4. The minimum absolute atomic E-state index is 0.123. The summed E-state index contributed by atoms with van der Waals surface area (Å²) in [5.74, 6) is 0.840. The highest BCUT2D eigenvalue weighted by atomic mass is 15.3. The van der Waals surface area contributed by atoms with Crippen molar-refractivity contribution >= 4 is 57.2 Å². The highest BCUT2D eigenvalue weighted by Crippen LogP contribution is 2.26. The third-order valence-electron chi connectivity index (χ3n) is 3.15. The van der Waals surface area contributed by atoms with Gasteiger partial charge in [0.2, 0.25) is 11.9 Å².